The average Bonchev–Trinajstić information content (AvgIpc) is 2.76. The van der Waals surface area contributed by atoms with Crippen LogP contribution in [-0.2, 0) is 9.53 Å². The lowest BCUT2D eigenvalue weighted by Gasteiger charge is -2.31. The maximum Gasteiger partial charge on any atom is 0.309 e. The van der Waals surface area contributed by atoms with Gasteiger partial charge in [-0.3, -0.25) is 4.79 Å². The zero-order valence-corrected chi connectivity index (χ0v) is 24.5. The van der Waals surface area contributed by atoms with Gasteiger partial charge in [0.2, 0.25) is 0 Å². The standard InChI is InChI=1S/C32H50O5/c1-29(2)18-22(12-10-16-31(5,6)28(35)36)26(33)24(20-29)14-15-25-21-30(3,4)19-23(27(25)34)13-11-17-32(7,8)37-9/h14-15,18-21,26-27,33-34H,10-13,16-17H2,1-9H3,(H,35,36)/b15-14-. The van der Waals surface area contributed by atoms with E-state index in [1.807, 2.05) is 12.2 Å². The Morgan fingerprint density at radius 1 is 0.838 bits per heavy atom. The largest absolute Gasteiger partial charge is 0.481 e. The summed E-state index contributed by atoms with van der Waals surface area (Å²) >= 11 is 0. The molecule has 0 aliphatic heterocycles. The van der Waals surface area contributed by atoms with Gasteiger partial charge < -0.3 is 20.1 Å². The van der Waals surface area contributed by atoms with Gasteiger partial charge in [-0.25, -0.2) is 0 Å². The minimum Gasteiger partial charge on any atom is -0.481 e. The number of aliphatic carboxylic acids is 1. The monoisotopic (exact) mass is 514 g/mol. The van der Waals surface area contributed by atoms with Crippen molar-refractivity contribution >= 4 is 5.97 Å². The Kier molecular flexibility index (Phi) is 10.0. The van der Waals surface area contributed by atoms with Crippen molar-refractivity contribution < 1.29 is 24.9 Å². The number of carboxylic acid groups (broad SMARTS) is 1. The predicted octanol–water partition coefficient (Wildman–Crippen LogP) is 6.93. The van der Waals surface area contributed by atoms with E-state index in [1.165, 1.54) is 0 Å². The highest BCUT2D eigenvalue weighted by molar-refractivity contribution is 5.73. The van der Waals surface area contributed by atoms with Crippen molar-refractivity contribution in [3.05, 3.63) is 58.7 Å². The topological polar surface area (TPSA) is 87.0 Å². The van der Waals surface area contributed by atoms with Gasteiger partial charge in [0.05, 0.1) is 23.2 Å². The molecule has 0 aromatic carbocycles. The molecule has 0 fully saturated rings. The van der Waals surface area contributed by atoms with Crippen LogP contribution >= 0.6 is 0 Å². The van der Waals surface area contributed by atoms with Gasteiger partial charge in [0.25, 0.3) is 0 Å². The smallest absolute Gasteiger partial charge is 0.309 e. The second-order valence-corrected chi connectivity index (χ2v) is 13.4. The molecule has 2 atom stereocenters. The van der Waals surface area contributed by atoms with E-state index in [4.69, 9.17) is 4.74 Å². The molecule has 2 aliphatic rings. The molecule has 208 valence electrons. The Balaban J connectivity index is 2.14. The van der Waals surface area contributed by atoms with Gasteiger partial charge >= 0.3 is 5.97 Å². The van der Waals surface area contributed by atoms with E-state index in [1.54, 1.807) is 21.0 Å². The molecule has 0 bridgehead atoms. The fourth-order valence-electron chi connectivity index (χ4n) is 5.19. The van der Waals surface area contributed by atoms with Gasteiger partial charge in [-0.05, 0) is 88.5 Å². The van der Waals surface area contributed by atoms with E-state index in [0.717, 1.165) is 41.6 Å². The molecule has 0 aromatic heterocycles. The molecule has 5 nitrogen and oxygen atoms in total. The van der Waals surface area contributed by atoms with E-state index < -0.39 is 23.6 Å². The molecule has 0 spiro atoms. The minimum absolute atomic E-state index is 0.175. The molecule has 0 radical (unpaired) electrons. The molecular formula is C32H50O5. The molecule has 5 heteroatoms. The van der Waals surface area contributed by atoms with E-state index in [2.05, 4.69) is 65.8 Å². The fraction of sp³-hybridized carbons (Fsp3) is 0.656. The van der Waals surface area contributed by atoms with E-state index in [0.29, 0.717) is 19.3 Å². The van der Waals surface area contributed by atoms with Crippen molar-refractivity contribution in [3.8, 4) is 0 Å². The molecule has 37 heavy (non-hydrogen) atoms. The molecule has 0 aromatic rings. The van der Waals surface area contributed by atoms with Gasteiger partial charge in [-0.2, -0.15) is 0 Å². The summed E-state index contributed by atoms with van der Waals surface area (Å²) in [6, 6.07) is 0. The van der Waals surface area contributed by atoms with Crippen LogP contribution in [0.1, 0.15) is 93.9 Å². The number of carbonyl (C=O) groups is 1. The van der Waals surface area contributed by atoms with Crippen LogP contribution < -0.4 is 0 Å². The number of allylic oxidation sites excluding steroid dienone is 4. The molecule has 0 heterocycles. The van der Waals surface area contributed by atoms with Gasteiger partial charge in [-0.1, -0.05) is 64.2 Å². The molecule has 0 saturated carbocycles. The van der Waals surface area contributed by atoms with Crippen LogP contribution in [0.2, 0.25) is 0 Å². The summed E-state index contributed by atoms with van der Waals surface area (Å²) < 4.78 is 5.54. The number of ether oxygens (including phenoxy) is 1. The molecule has 2 aliphatic carbocycles. The maximum absolute atomic E-state index is 11.5. The Hall–Kier alpha value is -1.95. The second-order valence-electron chi connectivity index (χ2n) is 13.4. The Morgan fingerprint density at radius 3 is 1.62 bits per heavy atom. The predicted molar refractivity (Wildman–Crippen MR) is 151 cm³/mol. The Bertz CT molecular complexity index is 985. The Labute approximate surface area is 224 Å². The number of aliphatic hydroxyl groups is 2. The van der Waals surface area contributed by atoms with Crippen LogP contribution in [0.3, 0.4) is 0 Å². The van der Waals surface area contributed by atoms with Gasteiger partial charge in [0.1, 0.15) is 0 Å². The third kappa shape index (κ3) is 9.08. The van der Waals surface area contributed by atoms with Gasteiger partial charge in [-0.15, -0.1) is 0 Å². The lowest BCUT2D eigenvalue weighted by atomic mass is 9.76. The first kappa shape index (κ1) is 31.3. The number of carboxylic acids is 1. The van der Waals surface area contributed by atoms with Crippen LogP contribution in [-0.4, -0.2) is 46.2 Å². The third-order valence-electron chi connectivity index (χ3n) is 7.64. The lowest BCUT2D eigenvalue weighted by Crippen LogP contribution is -2.26. The van der Waals surface area contributed by atoms with Crippen molar-refractivity contribution in [2.45, 2.75) is 112 Å². The normalized spacial score (nSPS) is 23.9. The summed E-state index contributed by atoms with van der Waals surface area (Å²) in [6.07, 6.45) is 15.5. The van der Waals surface area contributed by atoms with Crippen LogP contribution in [0.4, 0.5) is 0 Å². The summed E-state index contributed by atoms with van der Waals surface area (Å²) in [5, 5.41) is 31.7. The summed E-state index contributed by atoms with van der Waals surface area (Å²) in [7, 11) is 1.73. The van der Waals surface area contributed by atoms with Crippen molar-refractivity contribution in [1.82, 2.24) is 0 Å². The zero-order valence-electron chi connectivity index (χ0n) is 24.5. The fourth-order valence-corrected chi connectivity index (χ4v) is 5.19. The van der Waals surface area contributed by atoms with Crippen LogP contribution in [0.15, 0.2) is 58.7 Å². The van der Waals surface area contributed by atoms with E-state index in [-0.39, 0.29) is 16.4 Å². The first-order chi connectivity index (χ1) is 16.9. The van der Waals surface area contributed by atoms with Crippen LogP contribution in [0.5, 0.6) is 0 Å². The average molecular weight is 515 g/mol. The van der Waals surface area contributed by atoms with Crippen LogP contribution in [0.25, 0.3) is 0 Å². The zero-order chi connectivity index (χ0) is 28.2. The van der Waals surface area contributed by atoms with Crippen molar-refractivity contribution in [2.24, 2.45) is 16.2 Å². The SMILES string of the molecule is COC(C)(C)CCCC1=CC(C)(C)C=C(/C=C\C2=CC(C)(C)C=C(CCCC(C)(C)C(=O)O)C2O)C1O. The first-order valence-corrected chi connectivity index (χ1v) is 13.6. The van der Waals surface area contributed by atoms with Crippen LogP contribution in [0, 0.1) is 16.2 Å². The summed E-state index contributed by atoms with van der Waals surface area (Å²) in [5.41, 5.74) is 2.24. The van der Waals surface area contributed by atoms with E-state index >= 15 is 0 Å². The highest BCUT2D eigenvalue weighted by Crippen LogP contribution is 2.38. The van der Waals surface area contributed by atoms with Crippen molar-refractivity contribution in [3.63, 3.8) is 0 Å². The molecule has 0 saturated heterocycles. The number of aliphatic hydroxyl groups excluding tert-OH is 2. The number of methoxy groups -OCH3 is 1. The first-order valence-electron chi connectivity index (χ1n) is 13.6. The lowest BCUT2D eigenvalue weighted by molar-refractivity contribution is -0.147. The van der Waals surface area contributed by atoms with Crippen molar-refractivity contribution in [2.75, 3.05) is 7.11 Å². The summed E-state index contributed by atoms with van der Waals surface area (Å²) in [4.78, 5) is 11.5. The molecular weight excluding hydrogens is 464 g/mol. The van der Waals surface area contributed by atoms with Gasteiger partial charge in [0, 0.05) is 17.9 Å². The number of rotatable bonds is 12. The van der Waals surface area contributed by atoms with Crippen molar-refractivity contribution in [1.29, 1.82) is 0 Å². The second kappa shape index (κ2) is 11.8. The maximum atomic E-state index is 11.5. The molecule has 2 rings (SSSR count). The Morgan fingerprint density at radius 2 is 1.24 bits per heavy atom. The number of hydrogen-bond donors (Lipinski definition) is 3. The van der Waals surface area contributed by atoms with E-state index in [9.17, 15) is 20.1 Å². The number of hydrogen-bond acceptors (Lipinski definition) is 4. The highest BCUT2D eigenvalue weighted by Gasteiger charge is 2.30. The summed E-state index contributed by atoms with van der Waals surface area (Å²) in [5.74, 6) is -0.799. The molecule has 2 unspecified atom stereocenters. The third-order valence-corrected chi connectivity index (χ3v) is 7.64. The quantitative estimate of drug-likeness (QED) is 0.246. The molecule has 3 N–H and O–H groups in total. The minimum atomic E-state index is -0.799. The highest BCUT2D eigenvalue weighted by atomic mass is 16.5. The van der Waals surface area contributed by atoms with Gasteiger partial charge in [0.15, 0.2) is 0 Å². The summed E-state index contributed by atoms with van der Waals surface area (Å²) in [6.45, 7) is 16.1. The molecule has 0 amide bonds.